The van der Waals surface area contributed by atoms with Gasteiger partial charge in [-0.1, -0.05) is 181 Å². The minimum Gasteiger partial charge on any atom is -0.394 e. The van der Waals surface area contributed by atoms with Gasteiger partial charge >= 0.3 is 0 Å². The summed E-state index contributed by atoms with van der Waals surface area (Å²) >= 11 is 0. The van der Waals surface area contributed by atoms with Crippen molar-refractivity contribution in [1.29, 1.82) is 0 Å². The number of unbranched alkanes of at least 4 members (excludes halogenated alkanes) is 26. The van der Waals surface area contributed by atoms with Gasteiger partial charge in [-0.15, -0.1) is 0 Å². The third-order valence-corrected chi connectivity index (χ3v) is 12.2. The second-order valence-corrected chi connectivity index (χ2v) is 17.6. The maximum Gasteiger partial charge on any atom is 0.187 e. The molecule has 2 rings (SSSR count). The summed E-state index contributed by atoms with van der Waals surface area (Å²) in [5, 5.41) is 72.4. The molecule has 0 spiro atoms. The maximum absolute atomic E-state index is 11.0. The van der Waals surface area contributed by atoms with E-state index < -0.39 is 80.7 Å². The fourth-order valence-electron chi connectivity index (χ4n) is 8.20. The lowest BCUT2D eigenvalue weighted by Crippen LogP contribution is -2.64. The monoisotopic (exact) mass is 865 g/mol. The first-order chi connectivity index (χ1) is 29.3. The summed E-state index contributed by atoms with van der Waals surface area (Å²) in [6.45, 7) is 4.70. The predicted molar refractivity (Wildman–Crippen MR) is 234 cm³/mol. The van der Waals surface area contributed by atoms with Crippen molar-refractivity contribution in [3.05, 3.63) is 0 Å². The molecule has 2 heterocycles. The molecular weight excluding hydrogens is 773 g/mol. The first-order valence-corrected chi connectivity index (χ1v) is 24.7. The third-order valence-electron chi connectivity index (χ3n) is 12.2. The van der Waals surface area contributed by atoms with Gasteiger partial charge in [0.1, 0.15) is 54.9 Å². The molecule has 11 atom stereocenters. The Hall–Kier alpha value is -0.520. The predicted octanol–water partition coefficient (Wildman–Crippen LogP) is 6.99. The first-order valence-electron chi connectivity index (χ1n) is 24.7. The van der Waals surface area contributed by atoms with Crippen LogP contribution in [0.3, 0.4) is 0 Å². The molecule has 0 saturated carbocycles. The van der Waals surface area contributed by atoms with Crippen LogP contribution in [0.5, 0.6) is 0 Å². The third kappa shape index (κ3) is 24.0. The minimum absolute atomic E-state index is 0.0160. The molecule has 7 N–H and O–H groups in total. The number of hydrogen-bond acceptors (Lipinski definition) is 13. The van der Waals surface area contributed by atoms with Crippen LogP contribution in [0.25, 0.3) is 0 Å². The Balaban J connectivity index is 1.75. The van der Waals surface area contributed by atoms with E-state index in [0.717, 1.165) is 25.7 Å². The topological polar surface area (TPSA) is 197 Å². The van der Waals surface area contributed by atoms with Gasteiger partial charge < -0.3 is 64.2 Å². The standard InChI is InChI=1S/C47H92O13/c1-3-5-7-9-11-13-15-17-19-21-23-25-27-29-31-55-35-37(56-32-30-28-26-24-22-20-18-16-14-12-10-8-6-4-2)36-57-46-44(54)42(52)45(39(34-49)59-46)60-47-43(53)41(51)40(50)38(33-48)58-47/h37-54H,3-36H2,1-2H3/t37-,38-,39-,40-,41+,42-,43-,44-,45-,46-,47+/m1/s1. The van der Waals surface area contributed by atoms with E-state index in [2.05, 4.69) is 13.8 Å². The van der Waals surface area contributed by atoms with E-state index in [1.165, 1.54) is 154 Å². The van der Waals surface area contributed by atoms with Crippen molar-refractivity contribution in [2.75, 3.05) is 39.6 Å². The lowest BCUT2D eigenvalue weighted by molar-refractivity contribution is -0.360. The molecule has 0 aromatic rings. The molecule has 0 radical (unpaired) electrons. The number of aliphatic hydroxyl groups excluding tert-OH is 7. The Bertz CT molecular complexity index is 945. The minimum atomic E-state index is -1.73. The second-order valence-electron chi connectivity index (χ2n) is 17.6. The molecule has 0 bridgehead atoms. The summed E-state index contributed by atoms with van der Waals surface area (Å²) in [6.07, 6.45) is 20.4. The zero-order valence-electron chi connectivity index (χ0n) is 38.0. The highest BCUT2D eigenvalue weighted by Crippen LogP contribution is 2.30. The van der Waals surface area contributed by atoms with Gasteiger partial charge in [-0.05, 0) is 12.8 Å². The normalized spacial score (nSPS) is 27.8. The average Bonchev–Trinajstić information content (AvgIpc) is 3.25. The van der Waals surface area contributed by atoms with Crippen LogP contribution in [0.15, 0.2) is 0 Å². The number of ether oxygens (including phenoxy) is 6. The fourth-order valence-corrected chi connectivity index (χ4v) is 8.20. The Morgan fingerprint density at radius 1 is 0.417 bits per heavy atom. The highest BCUT2D eigenvalue weighted by Gasteiger charge is 2.50. The smallest absolute Gasteiger partial charge is 0.187 e. The molecule has 2 aliphatic rings. The quantitative estimate of drug-likeness (QED) is 0.0312. The Morgan fingerprint density at radius 3 is 1.27 bits per heavy atom. The van der Waals surface area contributed by atoms with Crippen molar-refractivity contribution in [1.82, 2.24) is 0 Å². The molecule has 13 nitrogen and oxygen atoms in total. The van der Waals surface area contributed by atoms with Gasteiger partial charge in [0.05, 0.1) is 26.4 Å². The van der Waals surface area contributed by atoms with Gasteiger partial charge in [-0.2, -0.15) is 0 Å². The Kier molecular flexibility index (Phi) is 34.1. The molecule has 0 aromatic carbocycles. The van der Waals surface area contributed by atoms with Gasteiger partial charge in [0, 0.05) is 13.2 Å². The van der Waals surface area contributed by atoms with E-state index >= 15 is 0 Å². The van der Waals surface area contributed by atoms with E-state index in [-0.39, 0.29) is 6.61 Å². The van der Waals surface area contributed by atoms with Gasteiger partial charge in [-0.25, -0.2) is 0 Å². The van der Waals surface area contributed by atoms with Crippen molar-refractivity contribution in [3.63, 3.8) is 0 Å². The van der Waals surface area contributed by atoms with Crippen LogP contribution in [0.1, 0.15) is 194 Å². The average molecular weight is 865 g/mol. The van der Waals surface area contributed by atoms with E-state index in [1.54, 1.807) is 0 Å². The van der Waals surface area contributed by atoms with Crippen molar-refractivity contribution in [2.24, 2.45) is 0 Å². The van der Waals surface area contributed by atoms with Crippen LogP contribution >= 0.6 is 0 Å². The maximum atomic E-state index is 11.0. The summed E-state index contributed by atoms with van der Waals surface area (Å²) < 4.78 is 35.1. The van der Waals surface area contributed by atoms with Crippen molar-refractivity contribution < 1.29 is 64.2 Å². The van der Waals surface area contributed by atoms with E-state index in [1.807, 2.05) is 0 Å². The summed E-state index contributed by atoms with van der Waals surface area (Å²) in [5.41, 5.74) is 0. The molecule has 13 heteroatoms. The molecule has 2 aliphatic heterocycles. The zero-order chi connectivity index (χ0) is 43.6. The summed E-state index contributed by atoms with van der Waals surface area (Å²) in [6, 6.07) is 0. The Labute approximate surface area is 364 Å². The number of hydrogen-bond donors (Lipinski definition) is 7. The SMILES string of the molecule is CCCCCCCCCCCCCCCCOC[C@H](CO[C@@H]1O[C@H](CO)[C@@H](O[C@@H]2O[C@H](CO)[C@@H](O)[C@H](O)[C@H]2O)[C@H](O)[C@H]1O)OCCCCCCCCCCCCCCCC. The Morgan fingerprint density at radius 2 is 0.817 bits per heavy atom. The van der Waals surface area contributed by atoms with Crippen LogP contribution < -0.4 is 0 Å². The van der Waals surface area contributed by atoms with E-state index in [4.69, 9.17) is 28.4 Å². The van der Waals surface area contributed by atoms with E-state index in [9.17, 15) is 35.7 Å². The summed E-state index contributed by atoms with van der Waals surface area (Å²) in [4.78, 5) is 0. The summed E-state index contributed by atoms with van der Waals surface area (Å²) in [7, 11) is 0. The molecule has 0 unspecified atom stereocenters. The zero-order valence-corrected chi connectivity index (χ0v) is 38.0. The lowest BCUT2D eigenvalue weighted by atomic mass is 9.97. The number of rotatable bonds is 40. The van der Waals surface area contributed by atoms with Gasteiger partial charge in [0.2, 0.25) is 0 Å². The molecule has 358 valence electrons. The first kappa shape index (κ1) is 55.6. The second kappa shape index (κ2) is 36.8. The molecule has 0 aromatic heterocycles. The molecule has 2 fully saturated rings. The molecule has 60 heavy (non-hydrogen) atoms. The molecule has 0 amide bonds. The largest absolute Gasteiger partial charge is 0.394 e. The highest BCUT2D eigenvalue weighted by molar-refractivity contribution is 4.94. The van der Waals surface area contributed by atoms with Crippen LogP contribution in [0.4, 0.5) is 0 Å². The van der Waals surface area contributed by atoms with Gasteiger partial charge in [0.25, 0.3) is 0 Å². The van der Waals surface area contributed by atoms with Crippen molar-refractivity contribution >= 4 is 0 Å². The molecular formula is C47H92O13. The lowest BCUT2D eigenvalue weighted by Gasteiger charge is -2.46. The van der Waals surface area contributed by atoms with Crippen LogP contribution in [-0.4, -0.2) is 143 Å². The summed E-state index contributed by atoms with van der Waals surface area (Å²) in [5.74, 6) is 0. The number of aliphatic hydroxyl groups is 7. The van der Waals surface area contributed by atoms with Crippen LogP contribution in [-0.2, 0) is 28.4 Å². The van der Waals surface area contributed by atoms with Crippen molar-refractivity contribution in [2.45, 2.75) is 261 Å². The fraction of sp³-hybridized carbons (Fsp3) is 1.00. The van der Waals surface area contributed by atoms with Crippen LogP contribution in [0, 0.1) is 0 Å². The highest BCUT2D eigenvalue weighted by atomic mass is 16.7. The molecule has 0 aliphatic carbocycles. The van der Waals surface area contributed by atoms with Crippen molar-refractivity contribution in [3.8, 4) is 0 Å². The van der Waals surface area contributed by atoms with E-state index in [0.29, 0.717) is 19.8 Å². The van der Waals surface area contributed by atoms with Crippen LogP contribution in [0.2, 0.25) is 0 Å². The van der Waals surface area contributed by atoms with Gasteiger partial charge in [0.15, 0.2) is 12.6 Å². The molecule has 2 saturated heterocycles. The van der Waals surface area contributed by atoms with Gasteiger partial charge in [-0.3, -0.25) is 0 Å².